The van der Waals surface area contributed by atoms with E-state index in [-0.39, 0.29) is 19.7 Å². The van der Waals surface area contributed by atoms with Crippen molar-refractivity contribution < 1.29 is 32.9 Å². The predicted molar refractivity (Wildman–Crippen MR) is 108 cm³/mol. The van der Waals surface area contributed by atoms with Crippen LogP contribution in [0.15, 0.2) is 5.11 Å². The van der Waals surface area contributed by atoms with Crippen molar-refractivity contribution in [3.63, 3.8) is 0 Å². The zero-order chi connectivity index (χ0) is 23.6. The Hall–Kier alpha value is -2.14. The van der Waals surface area contributed by atoms with Crippen LogP contribution in [0.25, 0.3) is 10.4 Å². The van der Waals surface area contributed by atoms with Crippen LogP contribution in [0.5, 0.6) is 0 Å². The molecule has 12 heteroatoms. The van der Waals surface area contributed by atoms with Gasteiger partial charge in [0.2, 0.25) is 11.7 Å². The van der Waals surface area contributed by atoms with Crippen molar-refractivity contribution in [1.82, 2.24) is 10.2 Å². The first-order chi connectivity index (χ1) is 14.3. The Morgan fingerprint density at radius 2 is 1.94 bits per heavy atom. The third-order valence-electron chi connectivity index (χ3n) is 5.49. The number of carbonyl (C=O) groups is 2. The smallest absolute Gasteiger partial charge is 0.407 e. The average Bonchev–Trinajstić information content (AvgIpc) is 3.18. The van der Waals surface area contributed by atoms with Crippen molar-refractivity contribution in [3.8, 4) is 0 Å². The van der Waals surface area contributed by atoms with Crippen LogP contribution in [0.1, 0.15) is 34.6 Å². The Balaban J connectivity index is 2.30. The number of nitrogens with zero attached hydrogens (tertiary/aromatic N) is 4. The number of alkyl carbamates (subject to hydrolysis) is 1. The number of fused-ring (bicyclic) bond motifs is 1. The van der Waals surface area contributed by atoms with Gasteiger partial charge in [0.25, 0.3) is 0 Å². The molecule has 4 atom stereocenters. The van der Waals surface area contributed by atoms with Gasteiger partial charge in [0.15, 0.2) is 0 Å². The van der Waals surface area contributed by atoms with Crippen LogP contribution in [0, 0.1) is 5.92 Å². The van der Waals surface area contributed by atoms with E-state index in [2.05, 4.69) is 15.3 Å². The first-order valence-corrected chi connectivity index (χ1v) is 10.0. The van der Waals surface area contributed by atoms with Gasteiger partial charge in [-0.2, -0.15) is 0 Å². The van der Waals surface area contributed by atoms with Gasteiger partial charge in [-0.25, -0.2) is 9.18 Å². The van der Waals surface area contributed by atoms with Gasteiger partial charge >= 0.3 is 6.09 Å². The summed E-state index contributed by atoms with van der Waals surface area (Å²) in [6, 6.07) is -1.44. The molecule has 4 unspecified atom stereocenters. The maximum absolute atomic E-state index is 15.1. The number of halogens is 1. The van der Waals surface area contributed by atoms with Crippen molar-refractivity contribution in [2.24, 2.45) is 11.0 Å². The monoisotopic (exact) mass is 445 g/mol. The molecule has 0 bridgehead atoms. The number of azide groups is 1. The number of alkyl halides is 1. The summed E-state index contributed by atoms with van der Waals surface area (Å²) in [5, 5.41) is 6.21. The lowest BCUT2D eigenvalue weighted by molar-refractivity contribution is -0.228. The molecule has 2 saturated heterocycles. The Labute approximate surface area is 181 Å². The van der Waals surface area contributed by atoms with Gasteiger partial charge in [0, 0.05) is 32.2 Å². The molecule has 11 nitrogen and oxygen atoms in total. The van der Waals surface area contributed by atoms with Gasteiger partial charge in [-0.3, -0.25) is 4.79 Å². The Morgan fingerprint density at radius 3 is 2.42 bits per heavy atom. The summed E-state index contributed by atoms with van der Waals surface area (Å²) in [4.78, 5) is 29.8. The van der Waals surface area contributed by atoms with E-state index in [0.29, 0.717) is 0 Å². The lowest BCUT2D eigenvalue weighted by atomic mass is 9.90. The highest BCUT2D eigenvalue weighted by atomic mass is 19.1. The fraction of sp³-hybridized carbons (Fsp3) is 0.895. The summed E-state index contributed by atoms with van der Waals surface area (Å²) in [5.41, 5.74) is 6.20. The molecule has 2 aliphatic rings. The highest BCUT2D eigenvalue weighted by Crippen LogP contribution is 2.41. The van der Waals surface area contributed by atoms with Gasteiger partial charge < -0.3 is 29.2 Å². The lowest BCUT2D eigenvalue weighted by Crippen LogP contribution is -2.58. The second-order valence-corrected chi connectivity index (χ2v) is 9.20. The van der Waals surface area contributed by atoms with E-state index >= 15 is 4.39 Å². The van der Waals surface area contributed by atoms with E-state index in [1.54, 1.807) is 20.8 Å². The molecule has 0 aromatic heterocycles. The quantitative estimate of drug-likeness (QED) is 0.276. The number of ether oxygens (including phenoxy) is 4. The number of nitrogens with one attached hydrogen (secondary N) is 1. The molecule has 2 heterocycles. The molecule has 0 radical (unpaired) electrons. The highest BCUT2D eigenvalue weighted by molar-refractivity contribution is 5.82. The van der Waals surface area contributed by atoms with Crippen LogP contribution in [-0.4, -0.2) is 86.1 Å². The summed E-state index contributed by atoms with van der Waals surface area (Å²) in [6.45, 7) is 7.34. The van der Waals surface area contributed by atoms with Crippen LogP contribution in [-0.2, 0) is 23.7 Å². The van der Waals surface area contributed by atoms with E-state index in [9.17, 15) is 9.59 Å². The van der Waals surface area contributed by atoms with Crippen molar-refractivity contribution >= 4 is 12.0 Å². The summed E-state index contributed by atoms with van der Waals surface area (Å²) in [5.74, 6) is -3.11. The second-order valence-electron chi connectivity index (χ2n) is 9.20. The number of likely N-dealkylation sites (tertiary alicyclic amines) is 1. The Bertz CT molecular complexity index is 726. The third-order valence-corrected chi connectivity index (χ3v) is 5.49. The van der Waals surface area contributed by atoms with Crippen molar-refractivity contribution in [2.75, 3.05) is 33.9 Å². The maximum atomic E-state index is 15.1. The van der Waals surface area contributed by atoms with Gasteiger partial charge in [-0.15, -0.1) is 0 Å². The molecule has 2 fully saturated rings. The number of rotatable bonds is 7. The minimum atomic E-state index is -1.97. The summed E-state index contributed by atoms with van der Waals surface area (Å²) < 4.78 is 37.1. The molecule has 2 rings (SSSR count). The van der Waals surface area contributed by atoms with Crippen LogP contribution >= 0.6 is 0 Å². The molecule has 0 saturated carbocycles. The standard InChI is InChI=1S/C19H32FN5O6/c1-17(2,3)31-16(27)22-8-11(18(4,5)20)15(26)25-9-12(23-24-21)13-14(25)19(28-6,29-7)10-30-13/h11-14H,8-10H2,1-7H3,(H,22,27). The number of hydrogen-bond donors (Lipinski definition) is 1. The van der Waals surface area contributed by atoms with Gasteiger partial charge in [-0.05, 0) is 40.1 Å². The lowest BCUT2D eigenvalue weighted by Gasteiger charge is -2.38. The molecular weight excluding hydrogens is 413 g/mol. The van der Waals surface area contributed by atoms with E-state index in [1.807, 2.05) is 0 Å². The van der Waals surface area contributed by atoms with Crippen LogP contribution in [0.4, 0.5) is 9.18 Å². The predicted octanol–water partition coefficient (Wildman–Crippen LogP) is 2.15. The first-order valence-electron chi connectivity index (χ1n) is 10.0. The van der Waals surface area contributed by atoms with Crippen molar-refractivity contribution in [1.29, 1.82) is 0 Å². The van der Waals surface area contributed by atoms with Crippen molar-refractivity contribution in [3.05, 3.63) is 10.4 Å². The zero-order valence-corrected chi connectivity index (χ0v) is 19.0. The fourth-order valence-electron chi connectivity index (χ4n) is 3.96. The molecular formula is C19H32FN5O6. The largest absolute Gasteiger partial charge is 0.444 e. The molecule has 2 aliphatic heterocycles. The summed E-state index contributed by atoms with van der Waals surface area (Å²) >= 11 is 0. The van der Waals surface area contributed by atoms with Crippen LogP contribution < -0.4 is 5.32 Å². The second kappa shape index (κ2) is 9.15. The highest BCUT2D eigenvalue weighted by Gasteiger charge is 2.62. The normalized spacial score (nSPS) is 26.1. The molecule has 0 aromatic carbocycles. The fourth-order valence-corrected chi connectivity index (χ4v) is 3.96. The molecule has 0 aliphatic carbocycles. The number of hydrogen-bond acceptors (Lipinski definition) is 7. The number of carbonyl (C=O) groups excluding carboxylic acids is 2. The first kappa shape index (κ1) is 25.1. The minimum Gasteiger partial charge on any atom is -0.444 e. The summed E-state index contributed by atoms with van der Waals surface area (Å²) in [7, 11) is 2.83. The Kier molecular flexibility index (Phi) is 7.42. The molecule has 2 amide bonds. The average molecular weight is 445 g/mol. The van der Waals surface area contributed by atoms with Crippen LogP contribution in [0.3, 0.4) is 0 Å². The zero-order valence-electron chi connectivity index (χ0n) is 19.0. The van der Waals surface area contributed by atoms with Gasteiger partial charge in [0.05, 0.1) is 18.1 Å². The number of amides is 2. The minimum absolute atomic E-state index is 0.00567. The Morgan fingerprint density at radius 1 is 1.32 bits per heavy atom. The van der Waals surface area contributed by atoms with E-state index in [1.165, 1.54) is 33.0 Å². The summed E-state index contributed by atoms with van der Waals surface area (Å²) in [6.07, 6.45) is -1.42. The topological polar surface area (TPSA) is 135 Å². The van der Waals surface area contributed by atoms with Crippen molar-refractivity contribution in [2.45, 2.75) is 69.9 Å². The van der Waals surface area contributed by atoms with Gasteiger partial charge in [0.1, 0.15) is 23.9 Å². The van der Waals surface area contributed by atoms with Crippen LogP contribution in [0.2, 0.25) is 0 Å². The molecule has 0 aromatic rings. The van der Waals surface area contributed by atoms with E-state index in [0.717, 1.165) is 0 Å². The van der Waals surface area contributed by atoms with E-state index in [4.69, 9.17) is 24.5 Å². The number of methoxy groups -OCH3 is 2. The molecule has 1 N–H and O–H groups in total. The molecule has 176 valence electrons. The third kappa shape index (κ3) is 5.38. The SMILES string of the molecule is COC1(OC)COC2C(N=[N+]=[N-])CN(C(=O)C(CNC(=O)OC(C)(C)C)C(C)(C)F)C21. The van der Waals surface area contributed by atoms with E-state index < -0.39 is 53.2 Å². The maximum Gasteiger partial charge on any atom is 0.407 e. The molecule has 0 spiro atoms. The van der Waals surface area contributed by atoms with Gasteiger partial charge in [-0.1, -0.05) is 5.11 Å². The molecule has 31 heavy (non-hydrogen) atoms.